The van der Waals surface area contributed by atoms with Crippen LogP contribution in [0.1, 0.15) is 37.4 Å². The molecular formula is C27H31F3N2O4. The smallest absolute Gasteiger partial charge is 0.147 e. The molecule has 9 heteroatoms. The van der Waals surface area contributed by atoms with Gasteiger partial charge in [0.2, 0.25) is 0 Å². The Bertz CT molecular complexity index is 1160. The fraction of sp³-hybridized carbons (Fsp3) is 0.444. The van der Waals surface area contributed by atoms with Crippen LogP contribution in [-0.2, 0) is 0 Å². The molecule has 1 aliphatic heterocycles. The minimum atomic E-state index is -1.05. The number of fused-ring (bicyclic) bond motifs is 1. The van der Waals surface area contributed by atoms with Crippen molar-refractivity contribution >= 4 is 10.9 Å². The summed E-state index contributed by atoms with van der Waals surface area (Å²) in [6.07, 6.45) is 2.31. The zero-order chi connectivity index (χ0) is 25.7. The molecule has 2 aromatic carbocycles. The van der Waals surface area contributed by atoms with Gasteiger partial charge in [0.15, 0.2) is 0 Å². The molecule has 1 aromatic heterocycles. The molecule has 0 saturated carbocycles. The summed E-state index contributed by atoms with van der Waals surface area (Å²) in [5, 5.41) is 21.6. The SMILES string of the molecule is COc1ccc2ncc(F)c([C@@H](O)CCC3(CO)CCN(CCOc4cc(F)cc(F)c4)CC3)c2c1. The lowest BCUT2D eigenvalue weighted by Gasteiger charge is -2.41. The number of halogens is 3. The predicted molar refractivity (Wildman–Crippen MR) is 129 cm³/mol. The lowest BCUT2D eigenvalue weighted by Crippen LogP contribution is -2.43. The Labute approximate surface area is 208 Å². The Morgan fingerprint density at radius 1 is 1.06 bits per heavy atom. The first-order valence-corrected chi connectivity index (χ1v) is 12.0. The van der Waals surface area contributed by atoms with Crippen LogP contribution in [0.25, 0.3) is 10.9 Å². The van der Waals surface area contributed by atoms with Gasteiger partial charge in [-0.25, -0.2) is 13.2 Å². The molecule has 2 heterocycles. The number of likely N-dealkylation sites (tertiary alicyclic amines) is 1. The van der Waals surface area contributed by atoms with E-state index in [0.29, 0.717) is 62.0 Å². The molecule has 2 N–H and O–H groups in total. The van der Waals surface area contributed by atoms with Crippen molar-refractivity contribution in [3.63, 3.8) is 0 Å². The van der Waals surface area contributed by atoms with Crippen LogP contribution in [0.5, 0.6) is 11.5 Å². The van der Waals surface area contributed by atoms with Crippen LogP contribution in [0, 0.1) is 22.9 Å². The van der Waals surface area contributed by atoms with Crippen LogP contribution in [-0.4, -0.2) is 60.1 Å². The van der Waals surface area contributed by atoms with E-state index in [1.807, 2.05) is 0 Å². The highest BCUT2D eigenvalue weighted by atomic mass is 19.1. The largest absolute Gasteiger partial charge is 0.497 e. The van der Waals surface area contributed by atoms with Crippen LogP contribution in [0.15, 0.2) is 42.6 Å². The summed E-state index contributed by atoms with van der Waals surface area (Å²) in [5.41, 5.74) is 0.385. The number of piperidine rings is 1. The summed E-state index contributed by atoms with van der Waals surface area (Å²) in [4.78, 5) is 6.27. The van der Waals surface area contributed by atoms with E-state index in [4.69, 9.17) is 9.47 Å². The van der Waals surface area contributed by atoms with Gasteiger partial charge >= 0.3 is 0 Å². The quantitative estimate of drug-likeness (QED) is 0.420. The number of nitrogens with zero attached hydrogens (tertiary/aromatic N) is 2. The molecule has 0 aliphatic carbocycles. The minimum Gasteiger partial charge on any atom is -0.497 e. The monoisotopic (exact) mass is 504 g/mol. The molecule has 0 unspecified atom stereocenters. The third-order valence-electron chi connectivity index (χ3n) is 7.11. The fourth-order valence-corrected chi connectivity index (χ4v) is 4.86. The second-order valence-electron chi connectivity index (χ2n) is 9.41. The molecular weight excluding hydrogens is 473 g/mol. The molecule has 1 fully saturated rings. The number of pyridine rings is 1. The first kappa shape index (κ1) is 26.2. The van der Waals surface area contributed by atoms with Crippen molar-refractivity contribution in [2.45, 2.75) is 31.8 Å². The molecule has 0 bridgehead atoms. The number of aromatic nitrogens is 1. The molecule has 194 valence electrons. The number of rotatable bonds is 10. The summed E-state index contributed by atoms with van der Waals surface area (Å²) >= 11 is 0. The van der Waals surface area contributed by atoms with Gasteiger partial charge in [-0.15, -0.1) is 0 Å². The minimum absolute atomic E-state index is 0.0278. The average molecular weight is 505 g/mol. The summed E-state index contributed by atoms with van der Waals surface area (Å²) in [6.45, 7) is 2.26. The lowest BCUT2D eigenvalue weighted by molar-refractivity contribution is 0.0202. The highest BCUT2D eigenvalue weighted by Gasteiger charge is 2.34. The zero-order valence-electron chi connectivity index (χ0n) is 20.2. The lowest BCUT2D eigenvalue weighted by atomic mass is 9.74. The Kier molecular flexibility index (Phi) is 8.33. The standard InChI is InChI=1S/C27H31F3N2O4/c1-35-20-2-3-24-22(15-20)26(23(30)16-31-24)25(34)4-5-27(17-33)6-8-32(9-7-27)10-11-36-21-13-18(28)12-19(29)14-21/h2-3,12-16,25,33-34H,4-11,17H2,1H3/t25-/m0/s1. The Balaban J connectivity index is 1.33. The second kappa shape index (κ2) is 11.5. The van der Waals surface area contributed by atoms with Crippen LogP contribution in [0.2, 0.25) is 0 Å². The van der Waals surface area contributed by atoms with Crippen LogP contribution in [0.3, 0.4) is 0 Å². The Morgan fingerprint density at radius 3 is 2.44 bits per heavy atom. The maximum atomic E-state index is 14.7. The molecule has 4 rings (SSSR count). The van der Waals surface area contributed by atoms with E-state index in [1.165, 1.54) is 7.11 Å². The van der Waals surface area contributed by atoms with E-state index < -0.39 is 23.6 Å². The topological polar surface area (TPSA) is 75.0 Å². The highest BCUT2D eigenvalue weighted by molar-refractivity contribution is 5.84. The van der Waals surface area contributed by atoms with Crippen molar-refractivity contribution in [1.29, 1.82) is 0 Å². The average Bonchev–Trinajstić information content (AvgIpc) is 2.87. The van der Waals surface area contributed by atoms with Gasteiger partial charge in [-0.1, -0.05) is 0 Å². The van der Waals surface area contributed by atoms with Crippen LogP contribution < -0.4 is 9.47 Å². The number of hydrogen-bond donors (Lipinski definition) is 2. The number of methoxy groups -OCH3 is 1. The van der Waals surface area contributed by atoms with E-state index in [9.17, 15) is 23.4 Å². The Morgan fingerprint density at radius 2 is 1.78 bits per heavy atom. The van der Waals surface area contributed by atoms with E-state index in [1.54, 1.807) is 18.2 Å². The molecule has 1 atom stereocenters. The van der Waals surface area contributed by atoms with Gasteiger partial charge < -0.3 is 19.7 Å². The highest BCUT2D eigenvalue weighted by Crippen LogP contribution is 2.39. The molecule has 0 radical (unpaired) electrons. The van der Waals surface area contributed by atoms with E-state index >= 15 is 0 Å². The molecule has 0 amide bonds. The van der Waals surface area contributed by atoms with Crippen LogP contribution in [0.4, 0.5) is 13.2 Å². The van der Waals surface area contributed by atoms with Gasteiger partial charge in [0, 0.05) is 42.3 Å². The molecule has 6 nitrogen and oxygen atoms in total. The molecule has 36 heavy (non-hydrogen) atoms. The second-order valence-corrected chi connectivity index (χ2v) is 9.41. The predicted octanol–water partition coefficient (Wildman–Crippen LogP) is 4.63. The Hall–Kier alpha value is -2.88. The first-order chi connectivity index (χ1) is 17.3. The third kappa shape index (κ3) is 6.08. The van der Waals surface area contributed by atoms with Gasteiger partial charge in [-0.3, -0.25) is 9.88 Å². The maximum absolute atomic E-state index is 14.7. The number of aliphatic hydroxyl groups excluding tert-OH is 2. The van der Waals surface area contributed by atoms with E-state index in [-0.39, 0.29) is 29.9 Å². The van der Waals surface area contributed by atoms with Gasteiger partial charge in [0.05, 0.1) is 24.9 Å². The van der Waals surface area contributed by atoms with Gasteiger partial charge in [0.25, 0.3) is 0 Å². The van der Waals surface area contributed by atoms with E-state index in [0.717, 1.165) is 24.4 Å². The number of hydrogen-bond acceptors (Lipinski definition) is 6. The van der Waals surface area contributed by atoms with Gasteiger partial charge in [0.1, 0.15) is 35.6 Å². The number of aliphatic hydroxyl groups is 2. The van der Waals surface area contributed by atoms with Gasteiger partial charge in [-0.2, -0.15) is 0 Å². The molecule has 0 spiro atoms. The molecule has 1 aliphatic rings. The number of benzene rings is 2. The summed E-state index contributed by atoms with van der Waals surface area (Å²) < 4.78 is 52.1. The normalized spacial score (nSPS) is 16.7. The molecule has 1 saturated heterocycles. The van der Waals surface area contributed by atoms with Crippen molar-refractivity contribution in [2.24, 2.45) is 5.41 Å². The summed E-state index contributed by atoms with van der Waals surface area (Å²) in [5.74, 6) is -1.24. The summed E-state index contributed by atoms with van der Waals surface area (Å²) in [7, 11) is 1.52. The number of ether oxygens (including phenoxy) is 2. The van der Waals surface area contributed by atoms with Crippen molar-refractivity contribution in [2.75, 3.05) is 40.0 Å². The van der Waals surface area contributed by atoms with Crippen LogP contribution >= 0.6 is 0 Å². The fourth-order valence-electron chi connectivity index (χ4n) is 4.86. The third-order valence-corrected chi connectivity index (χ3v) is 7.11. The zero-order valence-corrected chi connectivity index (χ0v) is 20.2. The van der Waals surface area contributed by atoms with Crippen molar-refractivity contribution in [3.05, 3.63) is 65.6 Å². The van der Waals surface area contributed by atoms with Crippen molar-refractivity contribution in [1.82, 2.24) is 9.88 Å². The first-order valence-electron chi connectivity index (χ1n) is 12.0. The van der Waals surface area contributed by atoms with Crippen molar-refractivity contribution < 1.29 is 32.9 Å². The maximum Gasteiger partial charge on any atom is 0.147 e. The van der Waals surface area contributed by atoms with Crippen molar-refractivity contribution in [3.8, 4) is 11.5 Å². The van der Waals surface area contributed by atoms with E-state index in [2.05, 4.69) is 9.88 Å². The molecule has 3 aromatic rings. The summed E-state index contributed by atoms with van der Waals surface area (Å²) in [6, 6.07) is 8.22. The van der Waals surface area contributed by atoms with Gasteiger partial charge in [-0.05, 0) is 62.4 Å².